The maximum atomic E-state index is 13.2. The molecule has 0 aromatic rings. The lowest BCUT2D eigenvalue weighted by Crippen LogP contribution is -2.33. The van der Waals surface area contributed by atoms with E-state index in [1.54, 1.807) is 65.2 Å². The first-order valence-corrected chi connectivity index (χ1v) is 13.6. The largest absolute Gasteiger partial charge is 0.454 e. The Hall–Kier alpha value is -2.36. The summed E-state index contributed by atoms with van der Waals surface area (Å²) in [5.41, 5.74) is 1.62. The van der Waals surface area contributed by atoms with Gasteiger partial charge in [-0.05, 0) is 51.3 Å². The second-order valence-electron chi connectivity index (χ2n) is 10.6. The van der Waals surface area contributed by atoms with Crippen LogP contribution < -0.4 is 0 Å². The Morgan fingerprint density at radius 3 is 2.41 bits per heavy atom. The zero-order chi connectivity index (χ0) is 29.3. The number of aliphatic hydroxyl groups excluding tert-OH is 2. The third kappa shape index (κ3) is 9.36. The molecule has 2 aliphatic heterocycles. The number of carbonyl (C=O) groups is 2. The average Bonchev–Trinajstić information content (AvgIpc) is 3.31. The van der Waals surface area contributed by atoms with Gasteiger partial charge in [0, 0.05) is 38.0 Å². The molecule has 8 heteroatoms. The standard InChI is InChI=1S/C31H46O8/c1-18-11-9-10-12-24(33)19(2)16-29-28(37-8)17-27(38-29)22(5)25(13-14-26(36-7)23(6)32)39-31(35)21(4)15-20(3)30(18)34/h9-11,13-16,20,22-29,32-33H,12,17H2,1-8H3/b10-9-,14-13+,18-11-,19-16-,21-15-/t20-,22-,23-,24+,25+,26+,27+,28-,29+/m0/s1. The summed E-state index contributed by atoms with van der Waals surface area (Å²) >= 11 is 0. The molecule has 2 bridgehead atoms. The summed E-state index contributed by atoms with van der Waals surface area (Å²) in [5, 5.41) is 20.7. The number of carbonyl (C=O) groups excluding carboxylic acids is 2. The number of methoxy groups -OCH3 is 2. The summed E-state index contributed by atoms with van der Waals surface area (Å²) in [6.07, 6.45) is 9.47. The van der Waals surface area contributed by atoms with Crippen molar-refractivity contribution < 1.29 is 38.7 Å². The van der Waals surface area contributed by atoms with E-state index in [4.69, 9.17) is 18.9 Å². The molecule has 0 aliphatic carbocycles. The van der Waals surface area contributed by atoms with Crippen LogP contribution >= 0.6 is 0 Å². The van der Waals surface area contributed by atoms with E-state index in [1.165, 1.54) is 7.11 Å². The number of esters is 1. The van der Waals surface area contributed by atoms with Gasteiger partial charge in [-0.2, -0.15) is 0 Å². The Kier molecular flexibility index (Phi) is 13.0. The number of aliphatic hydroxyl groups is 2. The van der Waals surface area contributed by atoms with E-state index < -0.39 is 36.3 Å². The normalized spacial score (nSPS) is 38.2. The minimum Gasteiger partial charge on any atom is -0.454 e. The molecular weight excluding hydrogens is 500 g/mol. The number of hydrogen-bond donors (Lipinski definition) is 2. The quantitative estimate of drug-likeness (QED) is 0.393. The number of cyclic esters (lactones) is 1. The van der Waals surface area contributed by atoms with Crippen molar-refractivity contribution in [1.29, 1.82) is 0 Å². The van der Waals surface area contributed by atoms with Crippen LogP contribution in [0.4, 0.5) is 0 Å². The van der Waals surface area contributed by atoms with Crippen LogP contribution in [-0.2, 0) is 28.5 Å². The van der Waals surface area contributed by atoms with E-state index in [-0.39, 0.29) is 30.0 Å². The van der Waals surface area contributed by atoms with Gasteiger partial charge < -0.3 is 29.2 Å². The average molecular weight is 547 g/mol. The number of hydrogen-bond acceptors (Lipinski definition) is 8. The molecule has 218 valence electrons. The Balaban J connectivity index is 2.50. The van der Waals surface area contributed by atoms with Crippen LogP contribution in [-0.4, -0.2) is 78.9 Å². The lowest BCUT2D eigenvalue weighted by atomic mass is 9.93. The van der Waals surface area contributed by atoms with Crippen molar-refractivity contribution in [1.82, 2.24) is 0 Å². The first-order valence-electron chi connectivity index (χ1n) is 13.6. The Morgan fingerprint density at radius 1 is 1.10 bits per heavy atom. The molecule has 0 amide bonds. The first-order chi connectivity index (χ1) is 18.4. The van der Waals surface area contributed by atoms with Crippen LogP contribution in [0.2, 0.25) is 0 Å². The van der Waals surface area contributed by atoms with E-state index in [1.807, 2.05) is 26.0 Å². The van der Waals surface area contributed by atoms with Gasteiger partial charge in [-0.3, -0.25) is 4.79 Å². The van der Waals surface area contributed by atoms with E-state index in [0.717, 1.165) is 5.57 Å². The number of ether oxygens (including phenoxy) is 4. The predicted octanol–water partition coefficient (Wildman–Crippen LogP) is 4.02. The highest BCUT2D eigenvalue weighted by molar-refractivity contribution is 5.99. The molecular formula is C31H46O8. The fourth-order valence-corrected chi connectivity index (χ4v) is 4.76. The van der Waals surface area contributed by atoms with Gasteiger partial charge in [-0.25, -0.2) is 4.79 Å². The number of fused-ring (bicyclic) bond motifs is 2. The molecule has 1 saturated heterocycles. The van der Waals surface area contributed by atoms with Gasteiger partial charge in [0.1, 0.15) is 18.3 Å². The number of ketones is 1. The summed E-state index contributed by atoms with van der Waals surface area (Å²) in [6, 6.07) is 0. The van der Waals surface area contributed by atoms with Crippen molar-refractivity contribution in [2.75, 3.05) is 14.2 Å². The highest BCUT2D eigenvalue weighted by atomic mass is 16.6. The molecule has 8 nitrogen and oxygen atoms in total. The van der Waals surface area contributed by atoms with Crippen molar-refractivity contribution >= 4 is 11.8 Å². The maximum absolute atomic E-state index is 13.2. The van der Waals surface area contributed by atoms with Crippen molar-refractivity contribution in [3.05, 3.63) is 59.3 Å². The molecule has 9 atom stereocenters. The molecule has 2 heterocycles. The lowest BCUT2D eigenvalue weighted by molar-refractivity contribution is -0.146. The number of rotatable bonds is 5. The molecule has 0 saturated carbocycles. The van der Waals surface area contributed by atoms with Crippen molar-refractivity contribution in [2.45, 2.75) is 97.1 Å². The second kappa shape index (κ2) is 15.4. The van der Waals surface area contributed by atoms with Crippen molar-refractivity contribution in [3.63, 3.8) is 0 Å². The van der Waals surface area contributed by atoms with Crippen molar-refractivity contribution in [2.24, 2.45) is 11.8 Å². The number of allylic oxidation sites excluding steroid dienone is 4. The van der Waals surface area contributed by atoms with Crippen LogP contribution in [0.3, 0.4) is 0 Å². The van der Waals surface area contributed by atoms with Crippen LogP contribution in [0.5, 0.6) is 0 Å². The van der Waals surface area contributed by atoms with E-state index in [0.29, 0.717) is 24.0 Å². The molecule has 0 aromatic heterocycles. The molecule has 2 aliphatic rings. The summed E-state index contributed by atoms with van der Waals surface area (Å²) in [7, 11) is 3.13. The van der Waals surface area contributed by atoms with Crippen LogP contribution in [0.25, 0.3) is 0 Å². The van der Waals surface area contributed by atoms with Crippen LogP contribution in [0, 0.1) is 11.8 Å². The Morgan fingerprint density at radius 2 is 1.79 bits per heavy atom. The maximum Gasteiger partial charge on any atom is 0.334 e. The predicted molar refractivity (Wildman–Crippen MR) is 150 cm³/mol. The Labute approximate surface area is 233 Å². The zero-order valence-electron chi connectivity index (χ0n) is 24.5. The highest BCUT2D eigenvalue weighted by Gasteiger charge is 2.40. The molecule has 2 rings (SSSR count). The summed E-state index contributed by atoms with van der Waals surface area (Å²) < 4.78 is 23.4. The molecule has 0 aromatic carbocycles. The van der Waals surface area contributed by atoms with E-state index in [2.05, 4.69) is 0 Å². The summed E-state index contributed by atoms with van der Waals surface area (Å²) in [6.45, 7) is 10.5. The first kappa shape index (κ1) is 32.8. The Bertz CT molecular complexity index is 989. The van der Waals surface area contributed by atoms with Gasteiger partial charge in [-0.1, -0.05) is 50.3 Å². The van der Waals surface area contributed by atoms with Gasteiger partial charge in [0.05, 0.1) is 24.4 Å². The fraction of sp³-hybridized carbons (Fsp3) is 0.613. The van der Waals surface area contributed by atoms with Gasteiger partial charge in [-0.15, -0.1) is 0 Å². The van der Waals surface area contributed by atoms with Crippen LogP contribution in [0.1, 0.15) is 54.4 Å². The lowest BCUT2D eigenvalue weighted by Gasteiger charge is -2.27. The molecule has 2 N–H and O–H groups in total. The third-order valence-electron chi connectivity index (χ3n) is 7.47. The molecule has 0 radical (unpaired) electrons. The monoisotopic (exact) mass is 546 g/mol. The minimum atomic E-state index is -0.760. The summed E-state index contributed by atoms with van der Waals surface area (Å²) in [4.78, 5) is 26.0. The van der Waals surface area contributed by atoms with Crippen LogP contribution in [0.15, 0.2) is 59.3 Å². The SMILES string of the molecule is CO[C@H]1C[C@H]2O[C@@H]1/C=C(/C)[C@H](O)C/C=C\C=C(\C)C(=O)[C@@H](C)/C=C(/C)C(=O)O[C@H](/C=C/[C@@H](OC)[C@H](C)O)[C@@H]2C. The van der Waals surface area contributed by atoms with E-state index >= 15 is 0 Å². The molecule has 0 spiro atoms. The molecule has 0 unspecified atom stereocenters. The fourth-order valence-electron chi connectivity index (χ4n) is 4.76. The minimum absolute atomic E-state index is 0.109. The van der Waals surface area contributed by atoms with Gasteiger partial charge in [0.2, 0.25) is 0 Å². The van der Waals surface area contributed by atoms with Crippen molar-refractivity contribution in [3.8, 4) is 0 Å². The third-order valence-corrected chi connectivity index (χ3v) is 7.47. The zero-order valence-corrected chi connectivity index (χ0v) is 24.5. The number of Topliss-reactive ketones (excluding diaryl/α,β-unsaturated/α-hetero) is 1. The highest BCUT2D eigenvalue weighted by Crippen LogP contribution is 2.33. The topological polar surface area (TPSA) is 112 Å². The molecule has 1 fully saturated rings. The summed E-state index contributed by atoms with van der Waals surface area (Å²) in [5.74, 6) is -1.46. The smallest absolute Gasteiger partial charge is 0.334 e. The second-order valence-corrected chi connectivity index (χ2v) is 10.6. The van der Waals surface area contributed by atoms with Gasteiger partial charge in [0.25, 0.3) is 0 Å². The van der Waals surface area contributed by atoms with E-state index in [9.17, 15) is 19.8 Å². The molecule has 39 heavy (non-hydrogen) atoms. The van der Waals surface area contributed by atoms with Gasteiger partial charge >= 0.3 is 5.97 Å². The van der Waals surface area contributed by atoms with Gasteiger partial charge in [0.15, 0.2) is 5.78 Å².